The fourth-order valence-corrected chi connectivity index (χ4v) is 1.82. The molecule has 2 atom stereocenters. The molecule has 0 aromatic rings. The molecule has 0 aliphatic heterocycles. The van der Waals surface area contributed by atoms with E-state index in [4.69, 9.17) is 25.3 Å². The summed E-state index contributed by atoms with van der Waals surface area (Å²) in [5.41, 5.74) is 5.44. The summed E-state index contributed by atoms with van der Waals surface area (Å²) >= 11 is 0. The Morgan fingerprint density at radius 1 is 1.54 bits per heavy atom. The van der Waals surface area contributed by atoms with Gasteiger partial charge in [-0.1, -0.05) is 4.62 Å². The van der Waals surface area contributed by atoms with Crippen LogP contribution in [0.1, 0.15) is 6.92 Å². The molecule has 0 heterocycles. The molecule has 13 heavy (non-hydrogen) atoms. The third kappa shape index (κ3) is 6.37. The number of hydrogen-bond acceptors (Lipinski definition) is 6. The lowest BCUT2D eigenvalue weighted by Crippen LogP contribution is -2.19. The monoisotopic (exact) mass is 232 g/mol. The van der Waals surface area contributed by atoms with Crippen molar-refractivity contribution in [1.29, 1.82) is 0 Å². The SMILES string of the molecule is CCO[P+](N)(ON)OCC[P+](=O)O. The van der Waals surface area contributed by atoms with Gasteiger partial charge in [0.2, 0.25) is 6.16 Å². The van der Waals surface area contributed by atoms with E-state index in [-0.39, 0.29) is 12.8 Å². The van der Waals surface area contributed by atoms with E-state index in [0.29, 0.717) is 6.61 Å². The highest BCUT2D eigenvalue weighted by Crippen LogP contribution is 2.52. The Kier molecular flexibility index (Phi) is 6.85. The van der Waals surface area contributed by atoms with Crippen LogP contribution in [0.25, 0.3) is 0 Å². The molecular weight excluding hydrogens is 218 g/mol. The standard InChI is InChI=1S/C4H13N2O5P2/c1-2-9-13(6,11-5)10-3-4-12(7)8/h2-6H2,1H3/q+1/p+1. The van der Waals surface area contributed by atoms with Crippen LogP contribution < -0.4 is 11.4 Å². The van der Waals surface area contributed by atoms with E-state index in [1.807, 2.05) is 0 Å². The molecule has 0 saturated carbocycles. The Labute approximate surface area is 77.8 Å². The van der Waals surface area contributed by atoms with E-state index in [0.717, 1.165) is 0 Å². The van der Waals surface area contributed by atoms with Gasteiger partial charge in [0.05, 0.1) is 6.61 Å². The molecule has 0 fully saturated rings. The first-order valence-corrected chi connectivity index (χ1v) is 6.53. The highest BCUT2D eigenvalue weighted by Gasteiger charge is 2.41. The minimum Gasteiger partial charge on any atom is -0.168 e. The summed E-state index contributed by atoms with van der Waals surface area (Å²) in [7, 11) is -5.20. The Hall–Kier alpha value is 0.290. The fourth-order valence-electron chi connectivity index (χ4n) is 0.524. The van der Waals surface area contributed by atoms with Crippen molar-refractivity contribution in [1.82, 2.24) is 0 Å². The van der Waals surface area contributed by atoms with Crippen LogP contribution in [0.15, 0.2) is 0 Å². The first-order chi connectivity index (χ1) is 6.04. The minimum atomic E-state index is -2.97. The van der Waals surface area contributed by atoms with Crippen molar-refractivity contribution in [2.24, 2.45) is 11.4 Å². The maximum atomic E-state index is 10.3. The minimum absolute atomic E-state index is 0.0207. The zero-order valence-electron chi connectivity index (χ0n) is 7.25. The van der Waals surface area contributed by atoms with Crippen molar-refractivity contribution >= 4 is 16.1 Å². The summed E-state index contributed by atoms with van der Waals surface area (Å²) in [4.78, 5) is 8.44. The summed E-state index contributed by atoms with van der Waals surface area (Å²) in [6.45, 7) is 1.98. The molecule has 0 aromatic heterocycles. The van der Waals surface area contributed by atoms with Crippen LogP contribution in [0.3, 0.4) is 0 Å². The lowest BCUT2D eigenvalue weighted by molar-refractivity contribution is 0.147. The molecule has 5 N–H and O–H groups in total. The van der Waals surface area contributed by atoms with Gasteiger partial charge >= 0.3 is 16.1 Å². The summed E-state index contributed by atoms with van der Waals surface area (Å²) in [5, 5.41) is 0. The predicted octanol–water partition coefficient (Wildman–Crippen LogP) is 0.301. The second kappa shape index (κ2) is 6.70. The van der Waals surface area contributed by atoms with Crippen LogP contribution in [-0.4, -0.2) is 24.3 Å². The van der Waals surface area contributed by atoms with Crippen LogP contribution in [-0.2, 0) is 18.2 Å². The Morgan fingerprint density at radius 2 is 2.15 bits per heavy atom. The second-order valence-corrected chi connectivity index (χ2v) is 4.93. The van der Waals surface area contributed by atoms with Gasteiger partial charge in [-0.25, -0.2) is 0 Å². The van der Waals surface area contributed by atoms with E-state index in [2.05, 4.69) is 4.62 Å². The van der Waals surface area contributed by atoms with Crippen LogP contribution in [0.4, 0.5) is 0 Å². The summed E-state index contributed by atoms with van der Waals surface area (Å²) in [5.74, 6) is 4.85. The van der Waals surface area contributed by atoms with Gasteiger partial charge in [0.15, 0.2) is 0 Å². The van der Waals surface area contributed by atoms with Crippen LogP contribution >= 0.6 is 16.1 Å². The average Bonchev–Trinajstić information content (AvgIpc) is 2.04. The van der Waals surface area contributed by atoms with Crippen LogP contribution in [0.2, 0.25) is 0 Å². The van der Waals surface area contributed by atoms with Gasteiger partial charge in [-0.2, -0.15) is 19.8 Å². The Morgan fingerprint density at radius 3 is 2.54 bits per heavy atom. The average molecular weight is 232 g/mol. The van der Waals surface area contributed by atoms with E-state index in [9.17, 15) is 4.57 Å². The largest absolute Gasteiger partial charge is 0.517 e. The smallest absolute Gasteiger partial charge is 0.168 e. The lowest BCUT2D eigenvalue weighted by Gasteiger charge is -2.11. The molecule has 7 nitrogen and oxygen atoms in total. The maximum absolute atomic E-state index is 10.3. The van der Waals surface area contributed by atoms with Crippen molar-refractivity contribution in [3.05, 3.63) is 0 Å². The van der Waals surface area contributed by atoms with Gasteiger partial charge in [0.1, 0.15) is 6.61 Å². The topological polar surface area (TPSA) is 117 Å². The van der Waals surface area contributed by atoms with Crippen LogP contribution in [0.5, 0.6) is 0 Å². The molecule has 0 aliphatic rings. The lowest BCUT2D eigenvalue weighted by atomic mass is 10.9. The van der Waals surface area contributed by atoms with E-state index in [1.54, 1.807) is 6.92 Å². The zero-order valence-corrected chi connectivity index (χ0v) is 9.04. The van der Waals surface area contributed by atoms with Gasteiger partial charge in [-0.15, -0.1) is 5.50 Å². The Balaban J connectivity index is 3.76. The van der Waals surface area contributed by atoms with E-state index >= 15 is 0 Å². The van der Waals surface area contributed by atoms with Gasteiger partial charge < -0.3 is 0 Å². The van der Waals surface area contributed by atoms with Crippen molar-refractivity contribution < 1.29 is 23.1 Å². The molecule has 0 rings (SSSR count). The first kappa shape index (κ1) is 13.3. The van der Waals surface area contributed by atoms with Gasteiger partial charge in [0, 0.05) is 0 Å². The molecular formula is C4H14N2O5P2+2. The van der Waals surface area contributed by atoms with E-state index in [1.165, 1.54) is 0 Å². The third-order valence-electron chi connectivity index (χ3n) is 1.01. The third-order valence-corrected chi connectivity index (χ3v) is 3.03. The summed E-state index contributed by atoms with van der Waals surface area (Å²) in [6.07, 6.45) is -0.0231. The molecule has 0 amide bonds. The van der Waals surface area contributed by atoms with Crippen molar-refractivity contribution in [2.45, 2.75) is 6.92 Å². The normalized spacial score (nSPS) is 16.8. The molecule has 78 valence electrons. The molecule has 0 radical (unpaired) electrons. The zero-order chi connectivity index (χ0) is 10.3. The molecule has 0 aliphatic carbocycles. The van der Waals surface area contributed by atoms with Crippen molar-refractivity contribution in [3.8, 4) is 0 Å². The van der Waals surface area contributed by atoms with Crippen molar-refractivity contribution in [3.63, 3.8) is 0 Å². The summed E-state index contributed by atoms with van der Waals surface area (Å²) < 4.78 is 24.4. The number of rotatable bonds is 7. The summed E-state index contributed by atoms with van der Waals surface area (Å²) in [6, 6.07) is 0. The molecule has 2 unspecified atom stereocenters. The predicted molar refractivity (Wildman–Crippen MR) is 48.7 cm³/mol. The number of hydrogen-bond donors (Lipinski definition) is 3. The Bertz CT molecular complexity index is 171. The van der Waals surface area contributed by atoms with Crippen LogP contribution in [0, 0.1) is 0 Å². The van der Waals surface area contributed by atoms with Gasteiger partial charge in [-0.3, -0.25) is 0 Å². The van der Waals surface area contributed by atoms with Gasteiger partial charge in [-0.05, 0) is 11.5 Å². The first-order valence-electron chi connectivity index (χ1n) is 3.52. The van der Waals surface area contributed by atoms with E-state index < -0.39 is 16.1 Å². The molecule has 9 heteroatoms. The fraction of sp³-hybridized carbons (Fsp3) is 1.00. The molecule has 0 saturated heterocycles. The quantitative estimate of drug-likeness (QED) is 0.426. The molecule has 0 bridgehead atoms. The second-order valence-electron chi connectivity index (χ2n) is 1.97. The van der Waals surface area contributed by atoms with Crippen molar-refractivity contribution in [2.75, 3.05) is 19.4 Å². The molecule has 0 spiro atoms. The highest BCUT2D eigenvalue weighted by molar-refractivity contribution is 7.59. The van der Waals surface area contributed by atoms with Gasteiger partial charge in [0.25, 0.3) is 0 Å². The molecule has 0 aromatic carbocycles. The highest BCUT2D eigenvalue weighted by atomic mass is 31.2. The number of nitrogens with two attached hydrogens (primary N) is 2. The maximum Gasteiger partial charge on any atom is 0.517 e.